The number of benzene rings is 5. The highest BCUT2D eigenvalue weighted by atomic mass is 32.2. The van der Waals surface area contributed by atoms with Gasteiger partial charge in [0.15, 0.2) is 5.71 Å². The fraction of sp³-hybridized carbons (Fsp3) is 0.340. The smallest absolute Gasteiger partial charge is 0.344 e. The topological polar surface area (TPSA) is 43.6 Å². The van der Waals surface area contributed by atoms with Crippen molar-refractivity contribution in [2.75, 3.05) is 25.0 Å². The number of likely N-dealkylation sites (N-methyl/N-ethyl adjacent to an activating group) is 1. The number of hydrogen-bond donors (Lipinski definition) is 0. The van der Waals surface area contributed by atoms with Crippen molar-refractivity contribution in [3.05, 3.63) is 155 Å². The maximum absolute atomic E-state index is 14.6. The Morgan fingerprint density at radius 2 is 1.29 bits per heavy atom. The monoisotopic (exact) mass is 856 g/mol. The molecule has 0 N–H and O–H groups in total. The SMILES string of the molecule is CCCCCN1/C(=C/C=C2C(N(C)S(=O)(=O)C(F)(F)F)=C(/C=C/C3=[N+](CCCCC)c4ccc5ccccc5c4C3(C)C)c3ccccc3/2)C(C)(C)c2c1ccc1ccccc21. The van der Waals surface area contributed by atoms with E-state index in [4.69, 9.17) is 0 Å². The molecule has 5 aromatic rings. The summed E-state index contributed by atoms with van der Waals surface area (Å²) < 4.78 is 73.7. The molecule has 0 radical (unpaired) electrons. The van der Waals surface area contributed by atoms with Crippen LogP contribution in [0.25, 0.3) is 32.7 Å². The van der Waals surface area contributed by atoms with Crippen molar-refractivity contribution < 1.29 is 26.2 Å². The predicted molar refractivity (Wildman–Crippen MR) is 251 cm³/mol. The summed E-state index contributed by atoms with van der Waals surface area (Å²) in [5.74, 6) is 0. The quantitative estimate of drug-likeness (QED) is 0.0875. The van der Waals surface area contributed by atoms with E-state index in [1.807, 2.05) is 60.7 Å². The van der Waals surface area contributed by atoms with Gasteiger partial charge in [0.25, 0.3) is 0 Å². The van der Waals surface area contributed by atoms with Gasteiger partial charge in [-0.25, -0.2) is 0 Å². The van der Waals surface area contributed by atoms with Crippen LogP contribution in [-0.2, 0) is 20.9 Å². The van der Waals surface area contributed by atoms with Gasteiger partial charge < -0.3 is 4.90 Å². The molecule has 0 fully saturated rings. The standard InChI is InChI=1S/C53H57F3N3O2S/c1-8-10-18-34-58-44-30-26-36-20-12-14-22-38(36)48(44)51(3,4)46(58)32-28-42-40-24-16-17-25-41(40)43(50(42)57(7)62(60,61)53(54,55)56)29-33-47-52(5,6)49-39-23-15-13-21-37(39)27-31-45(49)59(47)35-19-11-9-2/h12-17,20-33H,8-11,18-19,34-35H2,1-7H3/q+1. The molecule has 322 valence electrons. The minimum Gasteiger partial charge on any atom is -0.344 e. The first-order valence-electron chi connectivity index (χ1n) is 22.0. The summed E-state index contributed by atoms with van der Waals surface area (Å²) in [4.78, 5) is 2.35. The van der Waals surface area contributed by atoms with E-state index in [2.05, 4.69) is 112 Å². The van der Waals surface area contributed by atoms with E-state index >= 15 is 0 Å². The van der Waals surface area contributed by atoms with Crippen LogP contribution in [0.2, 0.25) is 0 Å². The Bertz CT molecular complexity index is 2860. The molecule has 0 atom stereocenters. The lowest BCUT2D eigenvalue weighted by Gasteiger charge is -2.27. The van der Waals surface area contributed by atoms with Crippen molar-refractivity contribution in [2.24, 2.45) is 0 Å². The molecule has 2 heterocycles. The maximum atomic E-state index is 14.6. The van der Waals surface area contributed by atoms with Crippen LogP contribution < -0.4 is 4.90 Å². The highest BCUT2D eigenvalue weighted by Gasteiger charge is 2.51. The van der Waals surface area contributed by atoms with Crippen molar-refractivity contribution in [3.63, 3.8) is 0 Å². The minimum absolute atomic E-state index is 0.00942. The molecule has 3 aliphatic rings. The number of alkyl halides is 3. The summed E-state index contributed by atoms with van der Waals surface area (Å²) in [6.07, 6.45) is 13.9. The van der Waals surface area contributed by atoms with Gasteiger partial charge >= 0.3 is 15.5 Å². The van der Waals surface area contributed by atoms with Gasteiger partial charge in [-0.05, 0) is 89.2 Å². The molecule has 8 rings (SSSR count). The number of sulfonamides is 1. The third-order valence-corrected chi connectivity index (χ3v) is 14.8. The Balaban J connectivity index is 1.34. The second kappa shape index (κ2) is 16.4. The summed E-state index contributed by atoms with van der Waals surface area (Å²) in [7, 11) is -4.77. The third kappa shape index (κ3) is 7.10. The average Bonchev–Trinajstić information content (AvgIpc) is 3.76. The zero-order valence-electron chi connectivity index (χ0n) is 36.9. The summed E-state index contributed by atoms with van der Waals surface area (Å²) >= 11 is 0. The van der Waals surface area contributed by atoms with Gasteiger partial charge in [-0.15, -0.1) is 0 Å². The summed E-state index contributed by atoms with van der Waals surface area (Å²) in [6.45, 7) is 14.7. The lowest BCUT2D eigenvalue weighted by Crippen LogP contribution is -2.37. The van der Waals surface area contributed by atoms with E-state index < -0.39 is 26.4 Å². The molecule has 2 aliphatic heterocycles. The molecule has 0 aromatic heterocycles. The van der Waals surface area contributed by atoms with Crippen LogP contribution in [0.3, 0.4) is 0 Å². The predicted octanol–water partition coefficient (Wildman–Crippen LogP) is 13.6. The van der Waals surface area contributed by atoms with Crippen molar-refractivity contribution in [3.8, 4) is 0 Å². The number of rotatable bonds is 13. The van der Waals surface area contributed by atoms with Crippen molar-refractivity contribution in [1.82, 2.24) is 4.31 Å². The average molecular weight is 857 g/mol. The minimum atomic E-state index is -5.80. The molecule has 5 aromatic carbocycles. The van der Waals surface area contributed by atoms with E-state index in [9.17, 15) is 21.6 Å². The lowest BCUT2D eigenvalue weighted by atomic mass is 9.79. The number of hydrogen-bond acceptors (Lipinski definition) is 3. The van der Waals surface area contributed by atoms with Crippen LogP contribution in [0.1, 0.15) is 102 Å². The molecular weight excluding hydrogens is 800 g/mol. The van der Waals surface area contributed by atoms with Crippen LogP contribution in [0.15, 0.2) is 133 Å². The lowest BCUT2D eigenvalue weighted by molar-refractivity contribution is -0.438. The second-order valence-electron chi connectivity index (χ2n) is 17.9. The fourth-order valence-electron chi connectivity index (χ4n) is 10.2. The van der Waals surface area contributed by atoms with Crippen molar-refractivity contribution in [1.29, 1.82) is 0 Å². The Kier molecular flexibility index (Phi) is 11.4. The Morgan fingerprint density at radius 3 is 1.95 bits per heavy atom. The van der Waals surface area contributed by atoms with Gasteiger partial charge in [0.1, 0.15) is 6.54 Å². The zero-order chi connectivity index (χ0) is 44.2. The van der Waals surface area contributed by atoms with E-state index in [1.165, 1.54) is 11.1 Å². The Morgan fingerprint density at radius 1 is 0.694 bits per heavy atom. The molecule has 0 unspecified atom stereocenters. The van der Waals surface area contributed by atoms with Crippen LogP contribution in [0.4, 0.5) is 24.5 Å². The van der Waals surface area contributed by atoms with Crippen molar-refractivity contribution in [2.45, 2.75) is 96.4 Å². The van der Waals surface area contributed by atoms with Gasteiger partial charge in [-0.3, -0.25) is 4.31 Å². The van der Waals surface area contributed by atoms with Gasteiger partial charge in [-0.1, -0.05) is 132 Å². The molecule has 0 spiro atoms. The molecule has 1 aliphatic carbocycles. The number of anilines is 1. The Labute approximate surface area is 365 Å². The second-order valence-corrected chi connectivity index (χ2v) is 19.9. The number of nitrogens with zero attached hydrogens (tertiary/aromatic N) is 3. The number of allylic oxidation sites excluding steroid dienone is 7. The van der Waals surface area contributed by atoms with Crippen LogP contribution in [-0.4, -0.2) is 48.7 Å². The molecule has 62 heavy (non-hydrogen) atoms. The first-order chi connectivity index (χ1) is 29.6. The van der Waals surface area contributed by atoms with Gasteiger partial charge in [-0.2, -0.15) is 26.2 Å². The van der Waals surface area contributed by atoms with Gasteiger partial charge in [0.05, 0.1) is 11.1 Å². The summed E-state index contributed by atoms with van der Waals surface area (Å²) in [6, 6.07) is 32.8. The van der Waals surface area contributed by atoms with Crippen LogP contribution in [0.5, 0.6) is 0 Å². The maximum Gasteiger partial charge on any atom is 0.516 e. The molecule has 5 nitrogen and oxygen atoms in total. The summed E-state index contributed by atoms with van der Waals surface area (Å²) in [5, 5.41) is 4.60. The molecule has 0 saturated carbocycles. The number of unbranched alkanes of at least 4 members (excludes halogenated alkanes) is 4. The molecule has 0 saturated heterocycles. The van der Waals surface area contributed by atoms with E-state index in [1.54, 1.807) is 0 Å². The Hall–Kier alpha value is -5.41. The first-order valence-corrected chi connectivity index (χ1v) is 23.5. The van der Waals surface area contributed by atoms with Crippen molar-refractivity contribution >= 4 is 59.8 Å². The normalized spacial score (nSPS) is 18.3. The molecule has 9 heteroatoms. The zero-order valence-corrected chi connectivity index (χ0v) is 37.7. The number of halogens is 3. The van der Waals surface area contributed by atoms with E-state index in [0.29, 0.717) is 26.6 Å². The third-order valence-electron chi connectivity index (χ3n) is 13.3. The van der Waals surface area contributed by atoms with Crippen LogP contribution >= 0.6 is 0 Å². The molecule has 0 amide bonds. The van der Waals surface area contributed by atoms with E-state index in [-0.39, 0.29) is 5.70 Å². The van der Waals surface area contributed by atoms with E-state index in [0.717, 1.165) is 103 Å². The largest absolute Gasteiger partial charge is 0.516 e. The molecule has 0 bridgehead atoms. The van der Waals surface area contributed by atoms with Gasteiger partial charge in [0, 0.05) is 65.7 Å². The number of fused-ring (bicyclic) bond motifs is 7. The fourth-order valence-corrected chi connectivity index (χ4v) is 11.0. The summed E-state index contributed by atoms with van der Waals surface area (Å²) in [5.41, 5.74) is 2.34. The first kappa shape index (κ1) is 43.2. The molecular formula is C53H57F3N3O2S+. The highest BCUT2D eigenvalue weighted by Crippen LogP contribution is 2.52. The van der Waals surface area contributed by atoms with Gasteiger partial charge in [0.2, 0.25) is 5.69 Å². The van der Waals surface area contributed by atoms with Crippen LogP contribution in [0, 0.1) is 0 Å². The highest BCUT2D eigenvalue weighted by molar-refractivity contribution is 7.90.